The number of rotatable bonds is 14. The van der Waals surface area contributed by atoms with E-state index in [-0.39, 0.29) is 42.7 Å². The van der Waals surface area contributed by atoms with Crippen LogP contribution >= 0.6 is 11.3 Å². The number of methoxy groups -OCH3 is 1. The van der Waals surface area contributed by atoms with Gasteiger partial charge in [0.25, 0.3) is 5.91 Å². The molecule has 4 aromatic rings. The molecule has 3 heterocycles. The van der Waals surface area contributed by atoms with Gasteiger partial charge < -0.3 is 40.7 Å². The maximum atomic E-state index is 14.9. The minimum Gasteiger partial charge on any atom is -0.497 e. The number of carbonyl (C=O) groups is 5. The summed E-state index contributed by atoms with van der Waals surface area (Å²) in [6, 6.07) is 11.9. The van der Waals surface area contributed by atoms with Gasteiger partial charge >= 0.3 is 5.97 Å². The van der Waals surface area contributed by atoms with Crippen LogP contribution in [0.5, 0.6) is 11.5 Å². The van der Waals surface area contributed by atoms with E-state index >= 15 is 0 Å². The molecule has 324 valence electrons. The number of likely N-dealkylation sites (tertiary alicyclic amines) is 1. The predicted molar refractivity (Wildman–Crippen MR) is 235 cm³/mol. The van der Waals surface area contributed by atoms with Crippen LogP contribution < -0.4 is 30.7 Å². The molecule has 1 saturated heterocycles. The van der Waals surface area contributed by atoms with Gasteiger partial charge in [-0.2, -0.15) is 0 Å². The van der Waals surface area contributed by atoms with Gasteiger partial charge in [-0.05, 0) is 60.6 Å². The van der Waals surface area contributed by atoms with Crippen LogP contribution in [0.25, 0.3) is 22.3 Å². The quantitative estimate of drug-likeness (QED) is 0.0867. The molecule has 1 aliphatic carbocycles. The van der Waals surface area contributed by atoms with E-state index in [9.17, 15) is 29.1 Å². The van der Waals surface area contributed by atoms with Crippen molar-refractivity contribution < 1.29 is 38.6 Å². The number of carboxylic acids is 1. The lowest BCUT2D eigenvalue weighted by atomic mass is 9.85. The lowest BCUT2D eigenvalue weighted by Gasteiger charge is -2.36. The van der Waals surface area contributed by atoms with E-state index in [0.29, 0.717) is 50.2 Å². The van der Waals surface area contributed by atoms with Crippen molar-refractivity contribution in [2.75, 3.05) is 24.3 Å². The summed E-state index contributed by atoms with van der Waals surface area (Å²) < 4.78 is 12.2. The summed E-state index contributed by atoms with van der Waals surface area (Å²) in [5.74, 6) is -2.14. The summed E-state index contributed by atoms with van der Waals surface area (Å²) in [6.45, 7) is 19.0. The zero-order valence-corrected chi connectivity index (χ0v) is 36.9. The summed E-state index contributed by atoms with van der Waals surface area (Å²) in [5, 5.41) is 24.8. The standard InChI is InChI=1S/C45H55N7O8S/c1-11-27-21-45(27,41(57)58)51-39(55)35-19-30(60-36-20-33(34-23-61-42(50-34)47-25(3)53)49-32-18-29(59-10)16-17-31(32)36)22-52(35)40(56)37(44(7,8)9)48-28-14-12-26(13-15-28)38(54)46-24(2)43(4,5)6/h11-18,20,23-24,27,30,35,37,48H,1,19,21-22H2,2-10H3,(H,46,54)(H,51,55)(H,57,58)(H,47,50,53)/t24-,27+,30-,35+,37-,45?/m1/s1. The highest BCUT2D eigenvalue weighted by atomic mass is 32.1. The highest BCUT2D eigenvalue weighted by Gasteiger charge is 2.61. The predicted octanol–water partition coefficient (Wildman–Crippen LogP) is 6.51. The Labute approximate surface area is 359 Å². The third-order valence-electron chi connectivity index (χ3n) is 11.4. The minimum absolute atomic E-state index is 0.000106. The molecule has 0 bridgehead atoms. The molecule has 1 aliphatic heterocycles. The number of nitrogens with zero attached hydrogens (tertiary/aromatic N) is 3. The summed E-state index contributed by atoms with van der Waals surface area (Å²) in [7, 11) is 1.55. The maximum absolute atomic E-state index is 14.9. The molecule has 1 saturated carbocycles. The third kappa shape index (κ3) is 9.80. The maximum Gasteiger partial charge on any atom is 0.330 e. The number of pyridine rings is 1. The average Bonchev–Trinajstić information content (AvgIpc) is 3.46. The first kappa shape index (κ1) is 44.5. The average molecular weight is 854 g/mol. The number of amides is 4. The van der Waals surface area contributed by atoms with Crippen LogP contribution in [-0.4, -0.2) is 93.0 Å². The Kier molecular flexibility index (Phi) is 12.5. The van der Waals surface area contributed by atoms with E-state index < -0.39 is 52.8 Å². The van der Waals surface area contributed by atoms with Crippen LogP contribution in [0.2, 0.25) is 0 Å². The Morgan fingerprint density at radius 1 is 1.00 bits per heavy atom. The molecule has 1 unspecified atom stereocenters. The zero-order valence-electron chi connectivity index (χ0n) is 36.0. The van der Waals surface area contributed by atoms with E-state index in [1.165, 1.54) is 29.2 Å². The number of anilines is 2. The summed E-state index contributed by atoms with van der Waals surface area (Å²) in [4.78, 5) is 77.2. The van der Waals surface area contributed by atoms with E-state index in [1.54, 1.807) is 55.0 Å². The lowest BCUT2D eigenvalue weighted by Crippen LogP contribution is -2.56. The molecule has 0 radical (unpaired) electrons. The van der Waals surface area contributed by atoms with Crippen molar-refractivity contribution in [1.82, 2.24) is 25.5 Å². The first-order valence-electron chi connectivity index (χ1n) is 20.2. The molecule has 2 aromatic heterocycles. The number of benzene rings is 2. The number of aliphatic carboxylic acids is 1. The van der Waals surface area contributed by atoms with Gasteiger partial charge in [-0.1, -0.05) is 47.6 Å². The molecular weight excluding hydrogens is 799 g/mol. The van der Waals surface area contributed by atoms with Crippen molar-refractivity contribution in [2.24, 2.45) is 16.7 Å². The van der Waals surface area contributed by atoms with Gasteiger partial charge in [-0.25, -0.2) is 14.8 Å². The number of hydrogen-bond donors (Lipinski definition) is 5. The van der Waals surface area contributed by atoms with E-state index in [4.69, 9.17) is 14.5 Å². The molecule has 0 spiro atoms. The van der Waals surface area contributed by atoms with Crippen LogP contribution in [-0.2, 0) is 19.2 Å². The summed E-state index contributed by atoms with van der Waals surface area (Å²) >= 11 is 1.25. The van der Waals surface area contributed by atoms with Crippen LogP contribution in [0.3, 0.4) is 0 Å². The highest BCUT2D eigenvalue weighted by molar-refractivity contribution is 7.14. The number of ether oxygens (including phenoxy) is 2. The molecule has 4 amide bonds. The second-order valence-corrected chi connectivity index (χ2v) is 18.8. The van der Waals surface area contributed by atoms with Gasteiger partial charge in [-0.15, -0.1) is 17.9 Å². The molecule has 61 heavy (non-hydrogen) atoms. The van der Waals surface area contributed by atoms with Crippen molar-refractivity contribution in [2.45, 2.75) is 98.0 Å². The van der Waals surface area contributed by atoms with Crippen molar-refractivity contribution in [1.29, 1.82) is 0 Å². The third-order valence-corrected chi connectivity index (χ3v) is 12.2. The number of carbonyl (C=O) groups excluding carboxylic acids is 4. The number of thiazole rings is 1. The Bertz CT molecular complexity index is 2350. The number of carboxylic acid groups (broad SMARTS) is 1. The molecule has 16 heteroatoms. The van der Waals surface area contributed by atoms with Gasteiger partial charge in [0.1, 0.15) is 40.9 Å². The van der Waals surface area contributed by atoms with Crippen molar-refractivity contribution in [3.05, 3.63) is 72.1 Å². The van der Waals surface area contributed by atoms with Gasteiger partial charge in [0, 0.05) is 59.5 Å². The molecule has 15 nitrogen and oxygen atoms in total. The van der Waals surface area contributed by atoms with E-state index in [1.807, 2.05) is 33.8 Å². The first-order valence-corrected chi connectivity index (χ1v) is 21.1. The molecule has 6 rings (SSSR count). The Balaban J connectivity index is 1.32. The Morgan fingerprint density at radius 2 is 1.70 bits per heavy atom. The van der Waals surface area contributed by atoms with Crippen LogP contribution in [0.1, 0.15) is 78.6 Å². The number of nitrogens with one attached hydrogen (secondary N) is 4. The number of hydrogen-bond acceptors (Lipinski definition) is 11. The Hall–Kier alpha value is -6.03. The second-order valence-electron chi connectivity index (χ2n) is 18.0. The summed E-state index contributed by atoms with van der Waals surface area (Å²) in [6.07, 6.45) is 1.04. The van der Waals surface area contributed by atoms with E-state index in [2.05, 4.69) is 53.6 Å². The van der Waals surface area contributed by atoms with Gasteiger partial charge in [-0.3, -0.25) is 19.2 Å². The van der Waals surface area contributed by atoms with Crippen molar-refractivity contribution >= 4 is 62.7 Å². The largest absolute Gasteiger partial charge is 0.497 e. The smallest absolute Gasteiger partial charge is 0.330 e. The van der Waals surface area contributed by atoms with Crippen LogP contribution in [0.15, 0.2) is 66.6 Å². The Morgan fingerprint density at radius 3 is 2.30 bits per heavy atom. The van der Waals surface area contributed by atoms with Crippen molar-refractivity contribution in [3.63, 3.8) is 0 Å². The fourth-order valence-electron chi connectivity index (χ4n) is 7.20. The molecular formula is C45H55N7O8S. The zero-order chi connectivity index (χ0) is 44.6. The fraction of sp³-hybridized carbons (Fsp3) is 0.444. The fourth-order valence-corrected chi connectivity index (χ4v) is 7.95. The minimum atomic E-state index is -1.52. The molecule has 2 fully saturated rings. The van der Waals surface area contributed by atoms with Crippen LogP contribution in [0, 0.1) is 16.7 Å². The topological polar surface area (TPSA) is 201 Å². The van der Waals surface area contributed by atoms with E-state index in [0.717, 1.165) is 0 Å². The summed E-state index contributed by atoms with van der Waals surface area (Å²) in [5.41, 5.74) is 0.224. The molecule has 6 atom stereocenters. The number of aromatic nitrogens is 2. The first-order chi connectivity index (χ1) is 28.6. The van der Waals surface area contributed by atoms with Gasteiger partial charge in [0.05, 0.1) is 24.9 Å². The number of fused-ring (bicyclic) bond motifs is 1. The molecule has 5 N–H and O–H groups in total. The van der Waals surface area contributed by atoms with Gasteiger partial charge in [0.15, 0.2) is 5.13 Å². The SMILES string of the molecule is C=C[C@H]1CC1(NC(=O)[C@@H]1C[C@@H](Oc2cc(-c3csc(NC(C)=O)n3)nc3cc(OC)ccc23)CN1C(=O)[C@@H](Nc1ccc(C(=O)N[C@H](C)C(C)(C)C)cc1)C(C)(C)C)C(=O)O. The van der Waals surface area contributed by atoms with Crippen LogP contribution in [0.4, 0.5) is 10.8 Å². The molecule has 2 aromatic carbocycles. The highest BCUT2D eigenvalue weighted by Crippen LogP contribution is 2.45. The normalized spacial score (nSPS) is 20.9. The molecule has 2 aliphatic rings. The lowest BCUT2D eigenvalue weighted by molar-refractivity contribution is -0.145. The second kappa shape index (κ2) is 17.1. The van der Waals surface area contributed by atoms with Gasteiger partial charge in [0.2, 0.25) is 17.7 Å². The monoisotopic (exact) mass is 853 g/mol. The van der Waals surface area contributed by atoms with Crippen molar-refractivity contribution in [3.8, 4) is 22.9 Å².